The van der Waals surface area contributed by atoms with E-state index >= 15 is 0 Å². The van der Waals surface area contributed by atoms with Crippen LogP contribution < -0.4 is 21.4 Å². The highest BCUT2D eigenvalue weighted by Gasteiger charge is 2.17. The Morgan fingerprint density at radius 3 is 2.71 bits per heavy atom. The molecule has 2 aromatic heterocycles. The first-order valence-corrected chi connectivity index (χ1v) is 10.6. The van der Waals surface area contributed by atoms with Gasteiger partial charge in [-0.2, -0.15) is 4.98 Å². The standard InChI is InChI=1S/C22H26BN7O/c23-19-15-26-21(29-20(19)25-11-9-16-6-1-2-10-24-16)27-17-7-5-8-18(14-17)28-22(31)30-12-3-4-13-30/h1-2,5-8,10,14-15H,3-4,9,11-13,23H2,(H,28,31)(H2,25,26,27,29). The Morgan fingerprint density at radius 1 is 1.06 bits per heavy atom. The van der Waals surface area contributed by atoms with Gasteiger partial charge in [0.2, 0.25) is 5.95 Å². The first-order chi connectivity index (χ1) is 15.2. The summed E-state index contributed by atoms with van der Waals surface area (Å²) in [6.45, 7) is 2.36. The Labute approximate surface area is 182 Å². The molecule has 3 N–H and O–H groups in total. The normalized spacial score (nSPS) is 13.1. The summed E-state index contributed by atoms with van der Waals surface area (Å²) in [7, 11) is 1.97. The zero-order valence-electron chi connectivity index (χ0n) is 17.6. The highest BCUT2D eigenvalue weighted by Crippen LogP contribution is 2.19. The van der Waals surface area contributed by atoms with Gasteiger partial charge in [-0.05, 0) is 48.6 Å². The number of anilines is 4. The van der Waals surface area contributed by atoms with Crippen molar-refractivity contribution < 1.29 is 4.79 Å². The number of nitrogens with one attached hydrogen (secondary N) is 3. The third kappa shape index (κ3) is 5.72. The van der Waals surface area contributed by atoms with Crippen molar-refractivity contribution >= 4 is 42.5 Å². The maximum Gasteiger partial charge on any atom is 0.321 e. The van der Waals surface area contributed by atoms with Gasteiger partial charge in [0.15, 0.2) is 0 Å². The highest BCUT2D eigenvalue weighted by molar-refractivity contribution is 6.35. The lowest BCUT2D eigenvalue weighted by atomic mass is 9.99. The topological polar surface area (TPSA) is 95.1 Å². The first-order valence-electron chi connectivity index (χ1n) is 10.6. The van der Waals surface area contributed by atoms with Gasteiger partial charge in [-0.3, -0.25) is 4.98 Å². The van der Waals surface area contributed by atoms with Crippen LogP contribution in [-0.4, -0.2) is 53.4 Å². The van der Waals surface area contributed by atoms with Gasteiger partial charge >= 0.3 is 6.03 Å². The fourth-order valence-corrected chi connectivity index (χ4v) is 3.46. The molecule has 1 aliphatic heterocycles. The molecular weight excluding hydrogens is 389 g/mol. The van der Waals surface area contributed by atoms with E-state index in [2.05, 4.69) is 30.9 Å². The molecule has 0 spiro atoms. The van der Waals surface area contributed by atoms with Crippen molar-refractivity contribution in [1.82, 2.24) is 19.9 Å². The van der Waals surface area contributed by atoms with Crippen LogP contribution in [0, 0.1) is 0 Å². The minimum atomic E-state index is -0.0550. The fourth-order valence-electron chi connectivity index (χ4n) is 3.46. The van der Waals surface area contributed by atoms with Crippen LogP contribution in [0.5, 0.6) is 0 Å². The van der Waals surface area contributed by atoms with Crippen LogP contribution in [0.1, 0.15) is 18.5 Å². The lowest BCUT2D eigenvalue weighted by molar-refractivity contribution is 0.222. The molecule has 1 aromatic carbocycles. The molecule has 1 aliphatic rings. The van der Waals surface area contributed by atoms with Crippen LogP contribution in [0.25, 0.3) is 0 Å². The molecule has 8 nitrogen and oxygen atoms in total. The summed E-state index contributed by atoms with van der Waals surface area (Å²) in [6.07, 6.45) is 6.54. The number of aromatic nitrogens is 3. The number of nitrogens with zero attached hydrogens (tertiary/aromatic N) is 4. The Kier molecular flexibility index (Phi) is 6.61. The molecule has 2 amide bonds. The van der Waals surface area contributed by atoms with Gasteiger partial charge in [0.25, 0.3) is 0 Å². The molecule has 1 fully saturated rings. The number of likely N-dealkylation sites (tertiary alicyclic amines) is 1. The predicted molar refractivity (Wildman–Crippen MR) is 126 cm³/mol. The number of carbonyl (C=O) groups excluding carboxylic acids is 1. The van der Waals surface area contributed by atoms with Crippen LogP contribution >= 0.6 is 0 Å². The molecule has 1 saturated heterocycles. The third-order valence-corrected chi connectivity index (χ3v) is 5.13. The number of hydrogen-bond donors (Lipinski definition) is 3. The Hall–Kier alpha value is -3.62. The summed E-state index contributed by atoms with van der Waals surface area (Å²) in [5, 5.41) is 9.55. The third-order valence-electron chi connectivity index (χ3n) is 5.13. The van der Waals surface area contributed by atoms with Crippen molar-refractivity contribution in [1.29, 1.82) is 0 Å². The molecule has 4 rings (SSSR count). The monoisotopic (exact) mass is 415 g/mol. The van der Waals surface area contributed by atoms with Gasteiger partial charge in [0, 0.05) is 55.5 Å². The number of rotatable bonds is 7. The van der Waals surface area contributed by atoms with Crippen LogP contribution in [0.15, 0.2) is 54.9 Å². The van der Waals surface area contributed by atoms with E-state index in [-0.39, 0.29) is 6.03 Å². The van der Waals surface area contributed by atoms with E-state index in [0.717, 1.165) is 67.2 Å². The molecular formula is C22H26BN7O. The van der Waals surface area contributed by atoms with Crippen molar-refractivity contribution in [3.05, 3.63) is 60.6 Å². The SMILES string of the molecule is Bc1cnc(Nc2cccc(NC(=O)N3CCCC3)c2)nc1NCCc1ccccn1. The van der Waals surface area contributed by atoms with Gasteiger partial charge in [-0.15, -0.1) is 0 Å². The smallest absolute Gasteiger partial charge is 0.321 e. The maximum absolute atomic E-state index is 12.3. The number of amides is 2. The summed E-state index contributed by atoms with van der Waals surface area (Å²) in [6, 6.07) is 13.4. The van der Waals surface area contributed by atoms with E-state index in [1.807, 2.05) is 55.2 Å². The largest absolute Gasteiger partial charge is 0.370 e. The first kappa shape index (κ1) is 20.6. The van der Waals surface area contributed by atoms with Gasteiger partial charge in [-0.25, -0.2) is 9.78 Å². The molecule has 9 heteroatoms. The second-order valence-electron chi connectivity index (χ2n) is 7.55. The molecule has 0 bridgehead atoms. The Morgan fingerprint density at radius 2 is 1.90 bits per heavy atom. The Balaban J connectivity index is 1.37. The lowest BCUT2D eigenvalue weighted by Gasteiger charge is -2.16. The van der Waals surface area contributed by atoms with Crippen molar-refractivity contribution in [3.8, 4) is 0 Å². The number of urea groups is 1. The number of pyridine rings is 1. The van der Waals surface area contributed by atoms with E-state index in [9.17, 15) is 4.79 Å². The van der Waals surface area contributed by atoms with E-state index < -0.39 is 0 Å². The van der Waals surface area contributed by atoms with Gasteiger partial charge in [-0.1, -0.05) is 12.1 Å². The molecule has 3 heterocycles. The zero-order valence-corrected chi connectivity index (χ0v) is 17.6. The molecule has 0 atom stereocenters. The molecule has 0 unspecified atom stereocenters. The van der Waals surface area contributed by atoms with Crippen molar-refractivity contribution in [2.24, 2.45) is 0 Å². The van der Waals surface area contributed by atoms with Gasteiger partial charge in [0.1, 0.15) is 13.7 Å². The quantitative estimate of drug-likeness (QED) is 0.512. The average molecular weight is 415 g/mol. The van der Waals surface area contributed by atoms with E-state index in [4.69, 9.17) is 0 Å². The van der Waals surface area contributed by atoms with Crippen LogP contribution in [0.3, 0.4) is 0 Å². The fraction of sp³-hybridized carbons (Fsp3) is 0.273. The Bertz CT molecular complexity index is 1030. The lowest BCUT2D eigenvalue weighted by Crippen LogP contribution is -2.32. The van der Waals surface area contributed by atoms with Crippen LogP contribution in [0.2, 0.25) is 0 Å². The van der Waals surface area contributed by atoms with Crippen LogP contribution in [0.4, 0.5) is 27.9 Å². The second kappa shape index (κ2) is 9.93. The van der Waals surface area contributed by atoms with Gasteiger partial charge < -0.3 is 20.9 Å². The second-order valence-corrected chi connectivity index (χ2v) is 7.55. The number of benzene rings is 1. The maximum atomic E-state index is 12.3. The van der Waals surface area contributed by atoms with Crippen molar-refractivity contribution in [2.75, 3.05) is 35.6 Å². The summed E-state index contributed by atoms with van der Waals surface area (Å²) in [5.41, 5.74) is 3.55. The molecule has 31 heavy (non-hydrogen) atoms. The summed E-state index contributed by atoms with van der Waals surface area (Å²) in [4.78, 5) is 27.5. The molecule has 158 valence electrons. The molecule has 0 aliphatic carbocycles. The minimum Gasteiger partial charge on any atom is -0.370 e. The van der Waals surface area contributed by atoms with Crippen LogP contribution in [-0.2, 0) is 6.42 Å². The van der Waals surface area contributed by atoms with Crippen molar-refractivity contribution in [3.63, 3.8) is 0 Å². The minimum absolute atomic E-state index is 0.0550. The average Bonchev–Trinajstić information content (AvgIpc) is 3.32. The summed E-state index contributed by atoms with van der Waals surface area (Å²) in [5.74, 6) is 1.28. The van der Waals surface area contributed by atoms with E-state index in [1.165, 1.54) is 0 Å². The van der Waals surface area contributed by atoms with Crippen molar-refractivity contribution in [2.45, 2.75) is 19.3 Å². The molecule has 3 aromatic rings. The van der Waals surface area contributed by atoms with Gasteiger partial charge in [0.05, 0.1) is 0 Å². The summed E-state index contributed by atoms with van der Waals surface area (Å²) >= 11 is 0. The van der Waals surface area contributed by atoms with E-state index in [1.54, 1.807) is 12.4 Å². The number of hydrogen-bond acceptors (Lipinski definition) is 6. The number of carbonyl (C=O) groups is 1. The zero-order chi connectivity index (χ0) is 21.5. The summed E-state index contributed by atoms with van der Waals surface area (Å²) < 4.78 is 0. The predicted octanol–water partition coefficient (Wildman–Crippen LogP) is 2.16. The highest BCUT2D eigenvalue weighted by atomic mass is 16.2. The molecule has 0 saturated carbocycles. The molecule has 0 radical (unpaired) electrons. The van der Waals surface area contributed by atoms with E-state index in [0.29, 0.717) is 5.95 Å².